The lowest BCUT2D eigenvalue weighted by Crippen LogP contribution is -2.13. The van der Waals surface area contributed by atoms with Crippen molar-refractivity contribution in [1.29, 1.82) is 0 Å². The van der Waals surface area contributed by atoms with E-state index in [1.54, 1.807) is 6.07 Å². The van der Waals surface area contributed by atoms with Gasteiger partial charge >= 0.3 is 5.97 Å². The fourth-order valence-electron chi connectivity index (χ4n) is 3.83. The van der Waals surface area contributed by atoms with Crippen molar-refractivity contribution in [2.75, 3.05) is 5.32 Å². The predicted octanol–water partition coefficient (Wildman–Crippen LogP) is 4.78. The first-order valence-electron chi connectivity index (χ1n) is 9.74. The molecule has 0 amide bonds. The molecule has 3 aromatic rings. The van der Waals surface area contributed by atoms with Gasteiger partial charge in [-0.15, -0.1) is 0 Å². The largest absolute Gasteiger partial charge is 0.478 e. The zero-order valence-electron chi connectivity index (χ0n) is 16.2. The van der Waals surface area contributed by atoms with Crippen LogP contribution in [0.4, 0.5) is 10.2 Å². The molecule has 0 fully saturated rings. The quantitative estimate of drug-likeness (QED) is 0.655. The number of fused-ring (bicyclic) bond motifs is 1. The van der Waals surface area contributed by atoms with E-state index < -0.39 is 11.8 Å². The summed E-state index contributed by atoms with van der Waals surface area (Å²) in [6.07, 6.45) is 4.32. The topological polar surface area (TPSA) is 75.1 Å². The Morgan fingerprint density at radius 2 is 1.86 bits per heavy atom. The van der Waals surface area contributed by atoms with Gasteiger partial charge in [0.1, 0.15) is 23.0 Å². The molecule has 148 valence electrons. The number of aromatic carboxylic acids is 1. The van der Waals surface area contributed by atoms with Gasteiger partial charge in [0.15, 0.2) is 0 Å². The van der Waals surface area contributed by atoms with Gasteiger partial charge in [-0.2, -0.15) is 0 Å². The third-order valence-corrected chi connectivity index (χ3v) is 5.25. The molecule has 0 bridgehead atoms. The monoisotopic (exact) mass is 391 g/mol. The number of hydrogen-bond acceptors (Lipinski definition) is 4. The van der Waals surface area contributed by atoms with E-state index in [1.165, 1.54) is 18.1 Å². The van der Waals surface area contributed by atoms with E-state index in [0.717, 1.165) is 48.2 Å². The van der Waals surface area contributed by atoms with Crippen molar-refractivity contribution in [3.05, 3.63) is 76.5 Å². The lowest BCUT2D eigenvalue weighted by molar-refractivity contribution is 0.0693. The zero-order chi connectivity index (χ0) is 20.4. The maximum Gasteiger partial charge on any atom is 0.339 e. The number of nitrogens with zero attached hydrogens (tertiary/aromatic N) is 2. The van der Waals surface area contributed by atoms with Crippen molar-refractivity contribution in [1.82, 2.24) is 9.97 Å². The molecule has 0 spiro atoms. The normalized spacial score (nSPS) is 13.0. The summed E-state index contributed by atoms with van der Waals surface area (Å²) in [4.78, 5) is 20.6. The lowest BCUT2D eigenvalue weighted by atomic mass is 9.96. The van der Waals surface area contributed by atoms with Crippen LogP contribution in [0, 0.1) is 12.7 Å². The van der Waals surface area contributed by atoms with E-state index in [4.69, 9.17) is 0 Å². The number of hydrogen-bond donors (Lipinski definition) is 2. The van der Waals surface area contributed by atoms with Crippen LogP contribution in [0.25, 0.3) is 11.1 Å². The summed E-state index contributed by atoms with van der Waals surface area (Å²) in [5.41, 5.74) is 4.13. The molecule has 0 saturated carbocycles. The molecule has 0 radical (unpaired) electrons. The summed E-state index contributed by atoms with van der Waals surface area (Å²) in [6, 6.07) is 11.8. The third kappa shape index (κ3) is 3.97. The number of carboxylic acids is 1. The second kappa shape index (κ2) is 7.99. The first kappa shape index (κ1) is 19.1. The molecule has 0 unspecified atom stereocenters. The Kier molecular flexibility index (Phi) is 5.25. The van der Waals surface area contributed by atoms with Gasteiger partial charge in [-0.3, -0.25) is 0 Å². The van der Waals surface area contributed by atoms with Crippen molar-refractivity contribution < 1.29 is 14.3 Å². The summed E-state index contributed by atoms with van der Waals surface area (Å²) in [5, 5.41) is 12.8. The Morgan fingerprint density at radius 1 is 1.10 bits per heavy atom. The van der Waals surface area contributed by atoms with Crippen molar-refractivity contribution in [3.63, 3.8) is 0 Å². The van der Waals surface area contributed by atoms with Crippen LogP contribution >= 0.6 is 0 Å². The molecular formula is C23H22FN3O2. The molecule has 1 aromatic heterocycles. The number of halogens is 1. The average molecular weight is 391 g/mol. The molecule has 1 aliphatic carbocycles. The van der Waals surface area contributed by atoms with Crippen molar-refractivity contribution >= 4 is 11.8 Å². The van der Waals surface area contributed by atoms with Gasteiger partial charge in [-0.25, -0.2) is 19.2 Å². The van der Waals surface area contributed by atoms with Crippen LogP contribution in [0.3, 0.4) is 0 Å². The Hall–Kier alpha value is -3.28. The molecule has 5 nitrogen and oxygen atoms in total. The number of aromatic nitrogens is 2. The van der Waals surface area contributed by atoms with Crippen LogP contribution in [0.1, 0.15) is 45.8 Å². The van der Waals surface area contributed by atoms with Gasteiger partial charge in [0.2, 0.25) is 0 Å². The molecular weight excluding hydrogens is 369 g/mol. The van der Waals surface area contributed by atoms with E-state index in [9.17, 15) is 14.3 Å². The van der Waals surface area contributed by atoms with Gasteiger partial charge in [-0.05, 0) is 55.4 Å². The van der Waals surface area contributed by atoms with Gasteiger partial charge in [0.25, 0.3) is 0 Å². The van der Waals surface area contributed by atoms with E-state index in [-0.39, 0.29) is 5.56 Å². The minimum atomic E-state index is -1.27. The van der Waals surface area contributed by atoms with Crippen LogP contribution in [-0.4, -0.2) is 21.0 Å². The first-order chi connectivity index (χ1) is 14.0. The summed E-state index contributed by atoms with van der Waals surface area (Å²) in [7, 11) is 0. The Labute approximate surface area is 168 Å². The molecule has 4 rings (SSSR count). The second-order valence-electron chi connectivity index (χ2n) is 7.27. The predicted molar refractivity (Wildman–Crippen MR) is 110 cm³/mol. The van der Waals surface area contributed by atoms with Crippen LogP contribution in [0.5, 0.6) is 0 Å². The minimum absolute atomic E-state index is 0.304. The standard InChI is InChI=1S/C23H22FN3O2/c1-14-26-20-8-3-2-5-18(20)22(27-14)25-13-15-9-11-16(12-10-15)17-6-4-7-19(24)21(17)23(28)29/h4,6-7,9-12H,2-3,5,8,13H2,1H3,(H,28,29)(H,25,26,27). The molecule has 2 N–H and O–H groups in total. The summed E-state index contributed by atoms with van der Waals surface area (Å²) in [6.45, 7) is 2.51. The molecule has 1 heterocycles. The fourth-order valence-corrected chi connectivity index (χ4v) is 3.83. The van der Waals surface area contributed by atoms with Crippen LogP contribution in [0.15, 0.2) is 42.5 Å². The highest BCUT2D eigenvalue weighted by Crippen LogP contribution is 2.28. The number of carboxylic acid groups (broad SMARTS) is 1. The number of anilines is 1. The highest BCUT2D eigenvalue weighted by molar-refractivity contribution is 5.96. The number of aryl methyl sites for hydroxylation is 2. The minimum Gasteiger partial charge on any atom is -0.478 e. The molecule has 0 aliphatic heterocycles. The van der Waals surface area contributed by atoms with E-state index >= 15 is 0 Å². The molecule has 29 heavy (non-hydrogen) atoms. The summed E-state index contributed by atoms with van der Waals surface area (Å²) >= 11 is 0. The van der Waals surface area contributed by atoms with Crippen LogP contribution in [-0.2, 0) is 19.4 Å². The number of rotatable bonds is 5. The van der Waals surface area contributed by atoms with Crippen molar-refractivity contribution in [2.45, 2.75) is 39.2 Å². The maximum atomic E-state index is 13.9. The van der Waals surface area contributed by atoms with E-state index in [2.05, 4.69) is 15.3 Å². The highest BCUT2D eigenvalue weighted by atomic mass is 19.1. The van der Waals surface area contributed by atoms with Crippen molar-refractivity contribution in [2.24, 2.45) is 0 Å². The SMILES string of the molecule is Cc1nc2c(c(NCc3ccc(-c4cccc(F)c4C(=O)O)cc3)n1)CCCC2. The first-order valence-corrected chi connectivity index (χ1v) is 9.74. The van der Waals surface area contributed by atoms with Gasteiger partial charge in [-0.1, -0.05) is 36.4 Å². The zero-order valence-corrected chi connectivity index (χ0v) is 16.2. The summed E-state index contributed by atoms with van der Waals surface area (Å²) < 4.78 is 13.9. The van der Waals surface area contributed by atoms with Crippen LogP contribution < -0.4 is 5.32 Å². The molecule has 0 atom stereocenters. The Balaban J connectivity index is 1.54. The number of benzene rings is 2. The third-order valence-electron chi connectivity index (χ3n) is 5.25. The van der Waals surface area contributed by atoms with Gasteiger partial charge in [0.05, 0.1) is 0 Å². The van der Waals surface area contributed by atoms with E-state index in [0.29, 0.717) is 17.7 Å². The Morgan fingerprint density at radius 3 is 2.62 bits per heavy atom. The lowest BCUT2D eigenvalue weighted by Gasteiger charge is -2.19. The number of nitrogens with one attached hydrogen (secondary N) is 1. The van der Waals surface area contributed by atoms with Gasteiger partial charge in [0, 0.05) is 17.8 Å². The van der Waals surface area contributed by atoms with Gasteiger partial charge < -0.3 is 10.4 Å². The second-order valence-corrected chi connectivity index (χ2v) is 7.27. The molecule has 1 aliphatic rings. The average Bonchev–Trinajstić information content (AvgIpc) is 2.72. The summed E-state index contributed by atoms with van der Waals surface area (Å²) in [5.74, 6) is -0.331. The van der Waals surface area contributed by atoms with E-state index in [1.807, 2.05) is 31.2 Å². The maximum absolute atomic E-state index is 13.9. The fraction of sp³-hybridized carbons (Fsp3) is 0.261. The molecule has 2 aromatic carbocycles. The van der Waals surface area contributed by atoms with Crippen LogP contribution in [0.2, 0.25) is 0 Å². The highest BCUT2D eigenvalue weighted by Gasteiger charge is 2.18. The van der Waals surface area contributed by atoms with Crippen molar-refractivity contribution in [3.8, 4) is 11.1 Å². The molecule has 0 saturated heterocycles. The smallest absolute Gasteiger partial charge is 0.339 e. The molecule has 6 heteroatoms. The number of carbonyl (C=O) groups is 1. The Bertz CT molecular complexity index is 1060.